The summed E-state index contributed by atoms with van der Waals surface area (Å²) in [6.07, 6.45) is -0.430. The molecule has 0 saturated heterocycles. The van der Waals surface area contributed by atoms with E-state index in [2.05, 4.69) is 61.6 Å². The monoisotopic (exact) mass is 313 g/mol. The van der Waals surface area contributed by atoms with Gasteiger partial charge in [-0.3, -0.25) is 0 Å². The Morgan fingerprint density at radius 2 is 1.78 bits per heavy atom. The maximum absolute atomic E-state index is 9.58. The molecule has 0 aromatic heterocycles. The molecule has 0 spiro atoms. The predicted octanol–water partition coefficient (Wildman–Crippen LogP) is 4.37. The summed E-state index contributed by atoms with van der Waals surface area (Å²) in [5.74, 6) is 0. The molecule has 1 rings (SSSR count). The zero-order chi connectivity index (χ0) is 14.1. The Hall–Kier alpha value is -0.540. The molecule has 0 heterocycles. The van der Waals surface area contributed by atoms with Gasteiger partial charge in [-0.05, 0) is 52.9 Å². The fraction of sp³-hybridized carbons (Fsp3) is 0.600. The summed E-state index contributed by atoms with van der Waals surface area (Å²) < 4.78 is 1.03. The number of benzene rings is 1. The van der Waals surface area contributed by atoms with Gasteiger partial charge in [0, 0.05) is 17.6 Å². The van der Waals surface area contributed by atoms with Crippen molar-refractivity contribution in [3.8, 4) is 0 Å². The Morgan fingerprint density at radius 1 is 1.22 bits per heavy atom. The molecule has 1 aromatic rings. The van der Waals surface area contributed by atoms with Crippen LogP contribution in [0.2, 0.25) is 0 Å². The molecule has 18 heavy (non-hydrogen) atoms. The van der Waals surface area contributed by atoms with Crippen LogP contribution in [0.5, 0.6) is 0 Å². The highest BCUT2D eigenvalue weighted by atomic mass is 79.9. The lowest BCUT2D eigenvalue weighted by Crippen LogP contribution is -2.39. The number of aliphatic hydroxyl groups is 1. The summed E-state index contributed by atoms with van der Waals surface area (Å²) in [4.78, 5) is 2.27. The first-order valence-corrected chi connectivity index (χ1v) is 7.14. The van der Waals surface area contributed by atoms with E-state index in [1.54, 1.807) is 6.92 Å². The number of hydrogen-bond donors (Lipinski definition) is 1. The second-order valence-electron chi connectivity index (χ2n) is 6.04. The van der Waals surface area contributed by atoms with E-state index in [0.29, 0.717) is 6.04 Å². The molecular weight excluding hydrogens is 290 g/mol. The fourth-order valence-electron chi connectivity index (χ4n) is 1.86. The Kier molecular flexibility index (Phi) is 4.84. The van der Waals surface area contributed by atoms with Crippen molar-refractivity contribution in [2.75, 3.05) is 11.9 Å². The first-order chi connectivity index (χ1) is 8.14. The molecule has 0 aliphatic carbocycles. The summed E-state index contributed by atoms with van der Waals surface area (Å²) in [5.41, 5.74) is 2.31. The van der Waals surface area contributed by atoms with Gasteiger partial charge in [0.1, 0.15) is 0 Å². The minimum Gasteiger partial charge on any atom is -0.389 e. The van der Waals surface area contributed by atoms with Gasteiger partial charge in [-0.2, -0.15) is 0 Å². The highest BCUT2D eigenvalue weighted by Crippen LogP contribution is 2.33. The number of anilines is 1. The Bertz CT molecular complexity index is 409. The Balaban J connectivity index is 3.04. The van der Waals surface area contributed by atoms with Gasteiger partial charge in [0.25, 0.3) is 0 Å². The Morgan fingerprint density at radius 3 is 2.17 bits per heavy atom. The zero-order valence-electron chi connectivity index (χ0n) is 12.2. The molecular formula is C15H24BrNO. The normalized spacial score (nSPS) is 15.3. The third-order valence-electron chi connectivity index (χ3n) is 3.67. The van der Waals surface area contributed by atoms with E-state index >= 15 is 0 Å². The number of nitrogens with zero attached hydrogens (tertiary/aromatic N) is 1. The Labute approximate surface area is 119 Å². The summed E-state index contributed by atoms with van der Waals surface area (Å²) >= 11 is 3.60. The lowest BCUT2D eigenvalue weighted by molar-refractivity contribution is 0.199. The average molecular weight is 314 g/mol. The number of rotatable bonds is 3. The second-order valence-corrected chi connectivity index (χ2v) is 6.89. The summed E-state index contributed by atoms with van der Waals surface area (Å²) in [7, 11) is 2.11. The number of aliphatic hydroxyl groups excluding tert-OH is 1. The van der Waals surface area contributed by atoms with Crippen molar-refractivity contribution in [3.05, 3.63) is 28.2 Å². The van der Waals surface area contributed by atoms with E-state index in [-0.39, 0.29) is 5.41 Å². The van der Waals surface area contributed by atoms with Crippen molar-refractivity contribution in [1.29, 1.82) is 0 Å². The van der Waals surface area contributed by atoms with Crippen molar-refractivity contribution >= 4 is 21.6 Å². The maximum Gasteiger partial charge on any atom is 0.0762 e. The van der Waals surface area contributed by atoms with Crippen LogP contribution < -0.4 is 4.90 Å². The van der Waals surface area contributed by atoms with Crippen LogP contribution in [0.25, 0.3) is 0 Å². The van der Waals surface area contributed by atoms with Gasteiger partial charge >= 0.3 is 0 Å². The summed E-state index contributed by atoms with van der Waals surface area (Å²) in [6, 6.07) is 6.46. The minimum absolute atomic E-state index is 0.219. The predicted molar refractivity (Wildman–Crippen MR) is 82.1 cm³/mol. The first kappa shape index (κ1) is 15.5. The molecule has 102 valence electrons. The van der Waals surface area contributed by atoms with Gasteiger partial charge in [-0.1, -0.05) is 26.8 Å². The van der Waals surface area contributed by atoms with Crippen molar-refractivity contribution < 1.29 is 5.11 Å². The van der Waals surface area contributed by atoms with Gasteiger partial charge in [-0.15, -0.1) is 0 Å². The molecule has 1 N–H and O–H groups in total. The topological polar surface area (TPSA) is 23.5 Å². The standard InChI is InChI=1S/C15H24BrNO/c1-10(18)12-7-8-14(13(16)9-12)17(6)11(2)15(3,4)5/h7-11,18H,1-6H3/t10-,11?/m0/s1. The molecule has 0 radical (unpaired) electrons. The van der Waals surface area contributed by atoms with E-state index in [1.165, 1.54) is 0 Å². The molecule has 0 fully saturated rings. The molecule has 0 aliphatic heterocycles. The molecule has 0 amide bonds. The molecule has 2 nitrogen and oxygen atoms in total. The first-order valence-electron chi connectivity index (χ1n) is 6.35. The maximum atomic E-state index is 9.58. The lowest BCUT2D eigenvalue weighted by atomic mass is 9.87. The van der Waals surface area contributed by atoms with E-state index in [9.17, 15) is 5.11 Å². The van der Waals surface area contributed by atoms with Gasteiger partial charge in [-0.25, -0.2) is 0 Å². The fourth-order valence-corrected chi connectivity index (χ4v) is 2.53. The van der Waals surface area contributed by atoms with Crippen LogP contribution in [0.1, 0.15) is 46.3 Å². The third-order valence-corrected chi connectivity index (χ3v) is 4.30. The van der Waals surface area contributed by atoms with E-state index < -0.39 is 6.10 Å². The van der Waals surface area contributed by atoms with Crippen LogP contribution in [-0.4, -0.2) is 18.2 Å². The van der Waals surface area contributed by atoms with Gasteiger partial charge in [0.15, 0.2) is 0 Å². The van der Waals surface area contributed by atoms with Crippen LogP contribution in [-0.2, 0) is 0 Å². The van der Waals surface area contributed by atoms with Crippen molar-refractivity contribution in [2.45, 2.75) is 46.8 Å². The van der Waals surface area contributed by atoms with Crippen molar-refractivity contribution in [3.63, 3.8) is 0 Å². The molecule has 3 heteroatoms. The number of halogens is 1. The number of hydrogen-bond acceptors (Lipinski definition) is 2. The molecule has 0 aliphatic rings. The highest BCUT2D eigenvalue weighted by molar-refractivity contribution is 9.10. The quantitative estimate of drug-likeness (QED) is 0.895. The van der Waals surface area contributed by atoms with Gasteiger partial charge in [0.2, 0.25) is 0 Å². The largest absolute Gasteiger partial charge is 0.389 e. The van der Waals surface area contributed by atoms with E-state index in [4.69, 9.17) is 0 Å². The van der Waals surface area contributed by atoms with Crippen LogP contribution in [0.4, 0.5) is 5.69 Å². The van der Waals surface area contributed by atoms with Crippen LogP contribution in [0.15, 0.2) is 22.7 Å². The summed E-state index contributed by atoms with van der Waals surface area (Å²) in [5, 5.41) is 9.58. The SMILES string of the molecule is CC(N(C)c1ccc([C@H](C)O)cc1Br)C(C)(C)C. The minimum atomic E-state index is -0.430. The van der Waals surface area contributed by atoms with E-state index in [1.807, 2.05) is 12.1 Å². The van der Waals surface area contributed by atoms with Crippen molar-refractivity contribution in [1.82, 2.24) is 0 Å². The zero-order valence-corrected chi connectivity index (χ0v) is 13.7. The average Bonchev–Trinajstić information content (AvgIpc) is 2.25. The summed E-state index contributed by atoms with van der Waals surface area (Å²) in [6.45, 7) is 10.7. The van der Waals surface area contributed by atoms with Gasteiger partial charge in [0.05, 0.1) is 11.8 Å². The van der Waals surface area contributed by atoms with Crippen LogP contribution in [0.3, 0.4) is 0 Å². The molecule has 2 atom stereocenters. The van der Waals surface area contributed by atoms with Gasteiger partial charge < -0.3 is 10.0 Å². The molecule has 1 unspecified atom stereocenters. The second kappa shape index (κ2) is 5.62. The van der Waals surface area contributed by atoms with E-state index in [0.717, 1.165) is 15.7 Å². The van der Waals surface area contributed by atoms with Crippen molar-refractivity contribution in [2.24, 2.45) is 5.41 Å². The van der Waals surface area contributed by atoms with Crippen LogP contribution >= 0.6 is 15.9 Å². The highest BCUT2D eigenvalue weighted by Gasteiger charge is 2.25. The molecule has 1 aromatic carbocycles. The molecule has 0 bridgehead atoms. The third kappa shape index (κ3) is 3.48. The lowest BCUT2D eigenvalue weighted by Gasteiger charge is -2.37. The van der Waals surface area contributed by atoms with Crippen LogP contribution in [0, 0.1) is 5.41 Å². The smallest absolute Gasteiger partial charge is 0.0762 e. The molecule has 0 saturated carbocycles.